The van der Waals surface area contributed by atoms with Gasteiger partial charge in [-0.2, -0.15) is 0 Å². The van der Waals surface area contributed by atoms with E-state index in [-0.39, 0.29) is 30.9 Å². The van der Waals surface area contributed by atoms with Gasteiger partial charge in [0.2, 0.25) is 6.79 Å². The van der Waals surface area contributed by atoms with Crippen molar-refractivity contribution in [1.82, 2.24) is 9.80 Å². The molecule has 0 saturated carbocycles. The van der Waals surface area contributed by atoms with Gasteiger partial charge in [0.25, 0.3) is 5.91 Å². The van der Waals surface area contributed by atoms with Crippen LogP contribution in [-0.4, -0.2) is 66.9 Å². The van der Waals surface area contributed by atoms with Crippen LogP contribution in [0, 0.1) is 0 Å². The number of rotatable bonds is 3. The number of carbonyl (C=O) groups is 1. The summed E-state index contributed by atoms with van der Waals surface area (Å²) in [5, 5.41) is 0. The third-order valence-electron chi connectivity index (χ3n) is 5.22. The molecule has 0 bridgehead atoms. The molecule has 0 N–H and O–H groups in total. The third kappa shape index (κ3) is 3.46. The van der Waals surface area contributed by atoms with Crippen molar-refractivity contribution < 1.29 is 19.0 Å². The number of likely N-dealkylation sites (tertiary alicyclic amines) is 1. The highest BCUT2D eigenvalue weighted by Gasteiger charge is 2.33. The van der Waals surface area contributed by atoms with Crippen LogP contribution in [0.15, 0.2) is 18.2 Å². The van der Waals surface area contributed by atoms with Crippen LogP contribution in [0.3, 0.4) is 0 Å². The van der Waals surface area contributed by atoms with Crippen LogP contribution < -0.4 is 9.47 Å². The molecule has 3 heterocycles. The fourth-order valence-corrected chi connectivity index (χ4v) is 4.22. The summed E-state index contributed by atoms with van der Waals surface area (Å²) >= 11 is 0. The van der Waals surface area contributed by atoms with Gasteiger partial charge < -0.3 is 19.1 Å². The Hall–Kier alpha value is -1.79. The van der Waals surface area contributed by atoms with Crippen molar-refractivity contribution in [3.05, 3.63) is 23.8 Å². The molecule has 25 heavy (non-hydrogen) atoms. The number of carbonyl (C=O) groups excluding carboxylic acids is 1. The number of nitrogens with zero attached hydrogens (tertiary/aromatic N) is 2. The van der Waals surface area contributed by atoms with Crippen molar-refractivity contribution in [1.29, 1.82) is 0 Å². The maximum atomic E-state index is 13.0. The molecule has 3 aliphatic heterocycles. The topological polar surface area (TPSA) is 51.2 Å². The molecule has 1 amide bonds. The second kappa shape index (κ2) is 6.84. The van der Waals surface area contributed by atoms with Crippen molar-refractivity contribution in [2.45, 2.75) is 44.9 Å². The van der Waals surface area contributed by atoms with E-state index >= 15 is 0 Å². The molecule has 0 aromatic heterocycles. The largest absolute Gasteiger partial charge is 0.454 e. The Morgan fingerprint density at radius 3 is 2.72 bits per heavy atom. The number of hydrogen-bond donors (Lipinski definition) is 0. The monoisotopic (exact) mass is 346 g/mol. The molecule has 6 heteroatoms. The summed E-state index contributed by atoms with van der Waals surface area (Å²) in [6, 6.07) is 5.74. The van der Waals surface area contributed by atoms with Gasteiger partial charge in [-0.25, -0.2) is 0 Å². The highest BCUT2D eigenvalue weighted by molar-refractivity contribution is 5.95. The van der Waals surface area contributed by atoms with Gasteiger partial charge in [0.1, 0.15) is 0 Å². The lowest BCUT2D eigenvalue weighted by Crippen LogP contribution is -2.50. The van der Waals surface area contributed by atoms with E-state index in [4.69, 9.17) is 14.2 Å². The van der Waals surface area contributed by atoms with Gasteiger partial charge in [0.05, 0.1) is 12.2 Å². The minimum atomic E-state index is 0.0927. The van der Waals surface area contributed by atoms with E-state index in [1.165, 1.54) is 0 Å². The van der Waals surface area contributed by atoms with Crippen LogP contribution in [0.25, 0.3) is 0 Å². The minimum Gasteiger partial charge on any atom is -0.454 e. The molecule has 3 aliphatic rings. The Balaban J connectivity index is 1.45. The first-order valence-corrected chi connectivity index (χ1v) is 9.18. The Morgan fingerprint density at radius 2 is 1.92 bits per heavy atom. The lowest BCUT2D eigenvalue weighted by Gasteiger charge is -2.38. The van der Waals surface area contributed by atoms with Crippen LogP contribution in [-0.2, 0) is 4.74 Å². The molecule has 136 valence electrons. The van der Waals surface area contributed by atoms with Crippen molar-refractivity contribution in [3.63, 3.8) is 0 Å². The normalized spacial score (nSPS) is 29.2. The summed E-state index contributed by atoms with van der Waals surface area (Å²) in [5.74, 6) is 1.47. The fourth-order valence-electron chi connectivity index (χ4n) is 4.22. The van der Waals surface area contributed by atoms with Crippen LogP contribution >= 0.6 is 0 Å². The molecule has 2 fully saturated rings. The summed E-state index contributed by atoms with van der Waals surface area (Å²) in [4.78, 5) is 17.5. The number of hydrogen-bond acceptors (Lipinski definition) is 5. The molecule has 1 aromatic carbocycles. The number of benzene rings is 1. The van der Waals surface area contributed by atoms with Crippen LogP contribution in [0.1, 0.15) is 37.0 Å². The van der Waals surface area contributed by atoms with Gasteiger partial charge in [-0.15, -0.1) is 0 Å². The van der Waals surface area contributed by atoms with Gasteiger partial charge >= 0.3 is 0 Å². The zero-order valence-corrected chi connectivity index (χ0v) is 14.9. The first kappa shape index (κ1) is 16.7. The Labute approximate surface area is 148 Å². The quantitative estimate of drug-likeness (QED) is 0.839. The molecule has 0 radical (unpaired) electrons. The Kier molecular flexibility index (Phi) is 4.56. The van der Waals surface area contributed by atoms with Crippen molar-refractivity contribution in [2.24, 2.45) is 0 Å². The minimum absolute atomic E-state index is 0.0927. The van der Waals surface area contributed by atoms with Crippen LogP contribution in [0.5, 0.6) is 11.5 Å². The number of amides is 1. The molecule has 1 aromatic rings. The van der Waals surface area contributed by atoms with Gasteiger partial charge in [-0.05, 0) is 44.9 Å². The van der Waals surface area contributed by atoms with Crippen molar-refractivity contribution >= 4 is 5.91 Å². The standard InChI is InChI=1S/C19H26N2O4/c1-13-9-20(10-14(2)25-13)11-16-4-3-7-21(16)19(22)15-5-6-17-18(8-15)24-12-23-17/h5-6,8,13-14,16H,3-4,7,9-12H2,1-2H3. The molecular weight excluding hydrogens is 320 g/mol. The summed E-state index contributed by atoms with van der Waals surface area (Å²) in [6.45, 7) is 8.09. The number of ether oxygens (including phenoxy) is 3. The van der Waals surface area contributed by atoms with E-state index < -0.39 is 0 Å². The summed E-state index contributed by atoms with van der Waals surface area (Å²) in [5.41, 5.74) is 0.680. The first-order valence-electron chi connectivity index (χ1n) is 9.18. The average molecular weight is 346 g/mol. The van der Waals surface area contributed by atoms with Crippen LogP contribution in [0.4, 0.5) is 0 Å². The van der Waals surface area contributed by atoms with Gasteiger partial charge in [-0.1, -0.05) is 0 Å². The Bertz CT molecular complexity index is 640. The molecule has 6 nitrogen and oxygen atoms in total. The van der Waals surface area contributed by atoms with E-state index in [2.05, 4.69) is 18.7 Å². The lowest BCUT2D eigenvalue weighted by atomic mass is 10.1. The molecular formula is C19H26N2O4. The third-order valence-corrected chi connectivity index (χ3v) is 5.22. The van der Waals surface area contributed by atoms with E-state index in [0.717, 1.165) is 39.0 Å². The maximum Gasteiger partial charge on any atom is 0.254 e. The number of fused-ring (bicyclic) bond motifs is 1. The number of morpholine rings is 1. The SMILES string of the molecule is CC1CN(CC2CCCN2C(=O)c2ccc3c(c2)OCO3)CC(C)O1. The zero-order chi connectivity index (χ0) is 17.4. The maximum absolute atomic E-state index is 13.0. The van der Waals surface area contributed by atoms with Gasteiger partial charge in [0.15, 0.2) is 11.5 Å². The van der Waals surface area contributed by atoms with E-state index in [1.54, 1.807) is 6.07 Å². The van der Waals surface area contributed by atoms with Crippen molar-refractivity contribution in [2.75, 3.05) is 33.0 Å². The van der Waals surface area contributed by atoms with E-state index in [0.29, 0.717) is 17.1 Å². The smallest absolute Gasteiger partial charge is 0.254 e. The summed E-state index contributed by atoms with van der Waals surface area (Å²) in [7, 11) is 0. The fraction of sp³-hybridized carbons (Fsp3) is 0.632. The van der Waals surface area contributed by atoms with Gasteiger partial charge in [-0.3, -0.25) is 9.69 Å². The second-order valence-electron chi connectivity index (χ2n) is 7.34. The van der Waals surface area contributed by atoms with E-state index in [1.807, 2.05) is 17.0 Å². The molecule has 2 saturated heterocycles. The highest BCUT2D eigenvalue weighted by atomic mass is 16.7. The second-order valence-corrected chi connectivity index (χ2v) is 7.34. The first-order chi connectivity index (χ1) is 12.1. The average Bonchev–Trinajstić information content (AvgIpc) is 3.21. The summed E-state index contributed by atoms with van der Waals surface area (Å²) in [6.07, 6.45) is 2.64. The zero-order valence-electron chi connectivity index (χ0n) is 14.9. The molecule has 4 rings (SSSR count). The van der Waals surface area contributed by atoms with Crippen molar-refractivity contribution in [3.8, 4) is 11.5 Å². The van der Waals surface area contributed by atoms with E-state index in [9.17, 15) is 4.79 Å². The highest BCUT2D eigenvalue weighted by Crippen LogP contribution is 2.33. The molecule has 0 aliphatic carbocycles. The molecule has 3 atom stereocenters. The predicted octanol–water partition coefficient (Wildman–Crippen LogP) is 2.13. The molecule has 3 unspecified atom stereocenters. The molecule has 0 spiro atoms. The summed E-state index contributed by atoms with van der Waals surface area (Å²) < 4.78 is 16.6. The Morgan fingerprint density at radius 1 is 1.16 bits per heavy atom. The lowest BCUT2D eigenvalue weighted by molar-refractivity contribution is -0.0715. The van der Waals surface area contributed by atoms with Crippen LogP contribution in [0.2, 0.25) is 0 Å². The predicted molar refractivity (Wildman–Crippen MR) is 93.1 cm³/mol. The van der Waals surface area contributed by atoms with Gasteiger partial charge in [0, 0.05) is 37.8 Å².